The maximum Gasteiger partial charge on any atom is 0.325 e. The molecular weight excluding hydrogens is 392 g/mol. The third kappa shape index (κ3) is 3.35. The van der Waals surface area contributed by atoms with Crippen molar-refractivity contribution in [3.05, 3.63) is 76.5 Å². The molecule has 1 saturated heterocycles. The number of benzene rings is 2. The monoisotopic (exact) mass is 406 g/mol. The molecule has 3 amide bonds. The molecule has 2 heterocycles. The molecule has 1 aliphatic rings. The summed E-state index contributed by atoms with van der Waals surface area (Å²) in [4.78, 5) is 26.6. The van der Waals surface area contributed by atoms with Crippen LogP contribution in [0.2, 0.25) is 5.02 Å². The third-order valence-electron chi connectivity index (χ3n) is 4.88. The fourth-order valence-corrected chi connectivity index (χ4v) is 3.34. The van der Waals surface area contributed by atoms with E-state index in [1.807, 2.05) is 6.07 Å². The largest absolute Gasteiger partial charge is 0.359 e. The second-order valence-corrected chi connectivity index (χ2v) is 7.26. The van der Waals surface area contributed by atoms with Crippen molar-refractivity contribution in [1.82, 2.24) is 15.4 Å². The first kappa shape index (κ1) is 18.7. The zero-order chi connectivity index (χ0) is 20.6. The molecule has 8 heteroatoms. The van der Waals surface area contributed by atoms with Crippen molar-refractivity contribution < 1.29 is 14.1 Å². The van der Waals surface area contributed by atoms with E-state index in [2.05, 4.69) is 10.5 Å². The lowest BCUT2D eigenvalue weighted by molar-refractivity contribution is -0.131. The molecule has 1 atom stereocenters. The van der Waals surface area contributed by atoms with Gasteiger partial charge < -0.3 is 9.84 Å². The number of halogens is 1. The molecule has 144 valence electrons. The third-order valence-corrected chi connectivity index (χ3v) is 5.13. The standard InChI is InChI=1S/C21H15ClN4O3/c1-21(15-6-2-13(11-23)3-7-15)19(27)26(20(28)24-21)12-17-10-18(25-29-17)14-4-8-16(22)9-5-14/h2-10H,12H2,1H3,(H,24,28). The zero-order valence-corrected chi connectivity index (χ0v) is 16.1. The first-order valence-electron chi connectivity index (χ1n) is 8.77. The highest BCUT2D eigenvalue weighted by molar-refractivity contribution is 6.30. The second kappa shape index (κ2) is 7.08. The summed E-state index contributed by atoms with van der Waals surface area (Å²) in [5.74, 6) is -0.0285. The number of amides is 3. The molecule has 3 aromatic rings. The molecule has 1 aromatic heterocycles. The van der Waals surface area contributed by atoms with E-state index in [0.29, 0.717) is 27.6 Å². The Morgan fingerprint density at radius 1 is 1.17 bits per heavy atom. The quantitative estimate of drug-likeness (QED) is 0.663. The first-order chi connectivity index (χ1) is 13.9. The summed E-state index contributed by atoms with van der Waals surface area (Å²) in [6.07, 6.45) is 0. The van der Waals surface area contributed by atoms with E-state index >= 15 is 0 Å². The number of hydrogen-bond donors (Lipinski definition) is 1. The van der Waals surface area contributed by atoms with Crippen molar-refractivity contribution in [3.8, 4) is 17.3 Å². The van der Waals surface area contributed by atoms with Crippen LogP contribution in [0.25, 0.3) is 11.3 Å². The minimum atomic E-state index is -1.22. The van der Waals surface area contributed by atoms with Crippen LogP contribution in [0.1, 0.15) is 23.8 Å². The minimum Gasteiger partial charge on any atom is -0.359 e. The zero-order valence-electron chi connectivity index (χ0n) is 15.3. The summed E-state index contributed by atoms with van der Waals surface area (Å²) in [5.41, 5.74) is 1.24. The minimum absolute atomic E-state index is 0.0445. The van der Waals surface area contributed by atoms with E-state index in [4.69, 9.17) is 21.4 Å². The average Bonchev–Trinajstić information content (AvgIpc) is 3.28. The van der Waals surface area contributed by atoms with Crippen LogP contribution in [-0.4, -0.2) is 22.0 Å². The van der Waals surface area contributed by atoms with Gasteiger partial charge in [0.25, 0.3) is 5.91 Å². The molecule has 29 heavy (non-hydrogen) atoms. The highest BCUT2D eigenvalue weighted by atomic mass is 35.5. The fraction of sp³-hybridized carbons (Fsp3) is 0.143. The van der Waals surface area contributed by atoms with Gasteiger partial charge in [0.05, 0.1) is 18.2 Å². The number of nitrogens with zero attached hydrogens (tertiary/aromatic N) is 3. The predicted molar refractivity (Wildman–Crippen MR) is 105 cm³/mol. The maximum atomic E-state index is 13.0. The molecular formula is C21H15ClN4O3. The molecule has 0 spiro atoms. The normalized spacial score (nSPS) is 18.6. The number of carbonyl (C=O) groups excluding carboxylic acids is 2. The predicted octanol–water partition coefficient (Wildman–Crippen LogP) is 3.83. The van der Waals surface area contributed by atoms with E-state index in [-0.39, 0.29) is 6.54 Å². The van der Waals surface area contributed by atoms with Crippen molar-refractivity contribution in [2.45, 2.75) is 19.0 Å². The highest BCUT2D eigenvalue weighted by Crippen LogP contribution is 2.30. The Morgan fingerprint density at radius 3 is 2.52 bits per heavy atom. The van der Waals surface area contributed by atoms with Crippen LogP contribution in [0, 0.1) is 11.3 Å². The summed E-state index contributed by atoms with van der Waals surface area (Å²) in [6, 6.07) is 16.8. The number of rotatable bonds is 4. The Labute approximate surface area is 171 Å². The van der Waals surface area contributed by atoms with Gasteiger partial charge in [-0.1, -0.05) is 41.0 Å². The lowest BCUT2D eigenvalue weighted by Crippen LogP contribution is -2.40. The Morgan fingerprint density at radius 2 is 1.86 bits per heavy atom. The summed E-state index contributed by atoms with van der Waals surface area (Å²) < 4.78 is 5.32. The molecule has 4 rings (SSSR count). The number of hydrogen-bond acceptors (Lipinski definition) is 5. The number of aromatic nitrogens is 1. The number of imide groups is 1. The Bertz CT molecular complexity index is 1130. The van der Waals surface area contributed by atoms with Gasteiger partial charge in [-0.2, -0.15) is 5.26 Å². The van der Waals surface area contributed by atoms with E-state index in [9.17, 15) is 9.59 Å². The summed E-state index contributed by atoms with van der Waals surface area (Å²) in [5, 5.41) is 16.3. The van der Waals surface area contributed by atoms with E-state index in [1.54, 1.807) is 61.5 Å². The summed E-state index contributed by atoms with van der Waals surface area (Å²) in [6.45, 7) is 1.59. The topological polar surface area (TPSA) is 99.2 Å². The van der Waals surface area contributed by atoms with Crippen LogP contribution in [-0.2, 0) is 16.9 Å². The molecule has 7 nitrogen and oxygen atoms in total. The van der Waals surface area contributed by atoms with Crippen LogP contribution >= 0.6 is 11.6 Å². The van der Waals surface area contributed by atoms with Crippen molar-refractivity contribution >= 4 is 23.5 Å². The van der Waals surface area contributed by atoms with Crippen LogP contribution < -0.4 is 5.32 Å². The highest BCUT2D eigenvalue weighted by Gasteiger charge is 2.49. The summed E-state index contributed by atoms with van der Waals surface area (Å²) in [7, 11) is 0. The van der Waals surface area contributed by atoms with Crippen molar-refractivity contribution in [2.24, 2.45) is 0 Å². The molecule has 1 fully saturated rings. The summed E-state index contributed by atoms with van der Waals surface area (Å²) >= 11 is 5.90. The van der Waals surface area contributed by atoms with Crippen LogP contribution in [0.5, 0.6) is 0 Å². The molecule has 2 aromatic carbocycles. The van der Waals surface area contributed by atoms with Gasteiger partial charge in [-0.05, 0) is 36.8 Å². The molecule has 0 saturated carbocycles. The SMILES string of the molecule is CC1(c2ccc(C#N)cc2)NC(=O)N(Cc2cc(-c3ccc(Cl)cc3)no2)C1=O. The average molecular weight is 407 g/mol. The van der Waals surface area contributed by atoms with E-state index in [0.717, 1.165) is 10.5 Å². The van der Waals surface area contributed by atoms with Gasteiger partial charge >= 0.3 is 6.03 Å². The second-order valence-electron chi connectivity index (χ2n) is 6.82. The smallest absolute Gasteiger partial charge is 0.325 e. The van der Waals surface area contributed by atoms with Crippen molar-refractivity contribution in [1.29, 1.82) is 5.26 Å². The van der Waals surface area contributed by atoms with Gasteiger partial charge in [-0.15, -0.1) is 0 Å². The van der Waals surface area contributed by atoms with Crippen molar-refractivity contribution in [2.75, 3.05) is 0 Å². The van der Waals surface area contributed by atoms with E-state index in [1.165, 1.54) is 0 Å². The Kier molecular flexibility index (Phi) is 4.57. The molecule has 1 unspecified atom stereocenters. The van der Waals surface area contributed by atoms with Crippen LogP contribution in [0.4, 0.5) is 4.79 Å². The van der Waals surface area contributed by atoms with Gasteiger partial charge in [0.2, 0.25) is 0 Å². The molecule has 1 aliphatic heterocycles. The lowest BCUT2D eigenvalue weighted by Gasteiger charge is -2.22. The Balaban J connectivity index is 1.55. The number of nitriles is 1. The molecule has 0 radical (unpaired) electrons. The lowest BCUT2D eigenvalue weighted by atomic mass is 9.91. The van der Waals surface area contributed by atoms with Gasteiger partial charge in [-0.3, -0.25) is 9.69 Å². The number of carbonyl (C=O) groups is 2. The van der Waals surface area contributed by atoms with Crippen LogP contribution in [0.3, 0.4) is 0 Å². The van der Waals surface area contributed by atoms with Gasteiger partial charge in [-0.25, -0.2) is 4.79 Å². The van der Waals surface area contributed by atoms with Crippen molar-refractivity contribution in [3.63, 3.8) is 0 Å². The number of urea groups is 1. The van der Waals surface area contributed by atoms with E-state index < -0.39 is 17.5 Å². The maximum absolute atomic E-state index is 13.0. The molecule has 0 bridgehead atoms. The number of nitrogens with one attached hydrogen (secondary N) is 1. The first-order valence-corrected chi connectivity index (χ1v) is 9.15. The molecule has 0 aliphatic carbocycles. The Hall–Kier alpha value is -3.63. The van der Waals surface area contributed by atoms with Gasteiger partial charge in [0.1, 0.15) is 11.2 Å². The van der Waals surface area contributed by atoms with Gasteiger partial charge in [0.15, 0.2) is 5.76 Å². The van der Waals surface area contributed by atoms with Gasteiger partial charge in [0, 0.05) is 16.7 Å². The van der Waals surface area contributed by atoms with Crippen LogP contribution in [0.15, 0.2) is 59.1 Å². The fourth-order valence-electron chi connectivity index (χ4n) is 3.21. The molecule has 1 N–H and O–H groups in total.